The number of methoxy groups -OCH3 is 1. The summed E-state index contributed by atoms with van der Waals surface area (Å²) in [6.45, 7) is 1.76. The molecule has 1 aromatic carbocycles. The lowest BCUT2D eigenvalue weighted by molar-refractivity contribution is -0.139. The molecule has 0 saturated carbocycles. The van der Waals surface area contributed by atoms with Crippen molar-refractivity contribution in [1.82, 2.24) is 10.3 Å². The average Bonchev–Trinajstić information content (AvgIpc) is 2.98. The number of carbonyl (C=O) groups is 2. The summed E-state index contributed by atoms with van der Waals surface area (Å²) in [4.78, 5) is 28.0. The number of aryl methyl sites for hydroxylation is 1. The van der Waals surface area contributed by atoms with Gasteiger partial charge < -0.3 is 19.6 Å². The van der Waals surface area contributed by atoms with Crippen LogP contribution in [0.5, 0.6) is 5.75 Å². The largest absolute Gasteiger partial charge is 0.497 e. The second kappa shape index (κ2) is 7.26. The van der Waals surface area contributed by atoms with Crippen molar-refractivity contribution in [2.24, 2.45) is 0 Å². The van der Waals surface area contributed by atoms with E-state index in [4.69, 9.17) is 9.15 Å². The second-order valence-corrected chi connectivity index (χ2v) is 5.84. The Morgan fingerprint density at radius 2 is 2.00 bits per heavy atom. The highest BCUT2D eigenvalue weighted by molar-refractivity contribution is 6.00. The van der Waals surface area contributed by atoms with E-state index in [9.17, 15) is 14.7 Å². The van der Waals surface area contributed by atoms with Gasteiger partial charge in [0.25, 0.3) is 5.91 Å². The minimum Gasteiger partial charge on any atom is -0.497 e. The van der Waals surface area contributed by atoms with Crippen molar-refractivity contribution < 1.29 is 23.8 Å². The van der Waals surface area contributed by atoms with E-state index in [0.717, 1.165) is 10.9 Å². The SMILES string of the molecule is COc1ccc2c(C)c(C(=O)N[C@@H](Cc3ccncc3)C(=O)O)oc2c1. The molecule has 1 amide bonds. The molecule has 3 rings (SSSR count). The maximum atomic E-state index is 12.6. The normalized spacial score (nSPS) is 11.9. The molecular formula is C19H18N2O5. The number of hydrogen-bond acceptors (Lipinski definition) is 5. The fourth-order valence-corrected chi connectivity index (χ4v) is 2.73. The van der Waals surface area contributed by atoms with E-state index in [1.807, 2.05) is 0 Å². The quantitative estimate of drug-likeness (QED) is 0.705. The first-order valence-electron chi connectivity index (χ1n) is 7.99. The molecule has 7 nitrogen and oxygen atoms in total. The smallest absolute Gasteiger partial charge is 0.326 e. The lowest BCUT2D eigenvalue weighted by Gasteiger charge is -2.14. The zero-order valence-corrected chi connectivity index (χ0v) is 14.4. The Morgan fingerprint density at radius 1 is 1.27 bits per heavy atom. The van der Waals surface area contributed by atoms with Gasteiger partial charge in [-0.1, -0.05) is 0 Å². The van der Waals surface area contributed by atoms with Crippen LogP contribution in [-0.4, -0.2) is 35.1 Å². The lowest BCUT2D eigenvalue weighted by atomic mass is 10.1. The van der Waals surface area contributed by atoms with Crippen molar-refractivity contribution in [2.45, 2.75) is 19.4 Å². The Balaban J connectivity index is 1.84. The minimum absolute atomic E-state index is 0.0919. The number of fused-ring (bicyclic) bond motifs is 1. The summed E-state index contributed by atoms with van der Waals surface area (Å²) >= 11 is 0. The Kier molecular flexibility index (Phi) is 4.88. The molecule has 2 N–H and O–H groups in total. The Bertz CT molecular complexity index is 949. The van der Waals surface area contributed by atoms with Gasteiger partial charge in [0.15, 0.2) is 5.76 Å². The topological polar surface area (TPSA) is 102 Å². The molecule has 0 unspecified atom stereocenters. The van der Waals surface area contributed by atoms with Gasteiger partial charge in [0.1, 0.15) is 17.4 Å². The van der Waals surface area contributed by atoms with Gasteiger partial charge in [-0.3, -0.25) is 9.78 Å². The van der Waals surface area contributed by atoms with Crippen LogP contribution in [0.15, 0.2) is 47.1 Å². The van der Waals surface area contributed by atoms with Crippen LogP contribution in [0.25, 0.3) is 11.0 Å². The molecule has 7 heteroatoms. The summed E-state index contributed by atoms with van der Waals surface area (Å²) in [5.74, 6) is -0.988. The number of benzene rings is 1. The van der Waals surface area contributed by atoms with Gasteiger partial charge in [0, 0.05) is 35.8 Å². The van der Waals surface area contributed by atoms with Gasteiger partial charge >= 0.3 is 5.97 Å². The molecule has 0 aliphatic carbocycles. The molecule has 3 aromatic rings. The first kappa shape index (κ1) is 17.5. The molecule has 2 heterocycles. The number of ether oxygens (including phenoxy) is 1. The van der Waals surface area contributed by atoms with Crippen LogP contribution in [0.2, 0.25) is 0 Å². The number of aromatic nitrogens is 1. The van der Waals surface area contributed by atoms with Crippen molar-refractivity contribution in [2.75, 3.05) is 7.11 Å². The van der Waals surface area contributed by atoms with E-state index < -0.39 is 17.9 Å². The van der Waals surface area contributed by atoms with Crippen LogP contribution in [-0.2, 0) is 11.2 Å². The number of rotatable bonds is 6. The highest BCUT2D eigenvalue weighted by Crippen LogP contribution is 2.28. The molecule has 26 heavy (non-hydrogen) atoms. The third kappa shape index (κ3) is 3.51. The van der Waals surface area contributed by atoms with E-state index in [1.165, 1.54) is 0 Å². The predicted molar refractivity (Wildman–Crippen MR) is 94.3 cm³/mol. The number of hydrogen-bond donors (Lipinski definition) is 2. The summed E-state index contributed by atoms with van der Waals surface area (Å²) in [5.41, 5.74) is 1.92. The van der Waals surface area contributed by atoms with E-state index in [0.29, 0.717) is 16.9 Å². The summed E-state index contributed by atoms with van der Waals surface area (Å²) in [5, 5.41) is 12.7. The van der Waals surface area contributed by atoms with Crippen LogP contribution in [0.3, 0.4) is 0 Å². The maximum Gasteiger partial charge on any atom is 0.326 e. The molecule has 2 aromatic heterocycles. The number of pyridine rings is 1. The molecule has 134 valence electrons. The summed E-state index contributed by atoms with van der Waals surface area (Å²) in [7, 11) is 1.54. The standard InChI is InChI=1S/C19H18N2O5/c1-11-14-4-3-13(25-2)10-16(14)26-17(11)18(22)21-15(19(23)24)9-12-5-7-20-8-6-12/h3-8,10,15H,9H2,1-2H3,(H,21,22)(H,23,24)/t15-/m0/s1. The zero-order chi connectivity index (χ0) is 18.7. The minimum atomic E-state index is -1.12. The van der Waals surface area contributed by atoms with Gasteiger partial charge in [-0.25, -0.2) is 4.79 Å². The van der Waals surface area contributed by atoms with Crippen LogP contribution >= 0.6 is 0 Å². The van der Waals surface area contributed by atoms with E-state index in [2.05, 4.69) is 10.3 Å². The van der Waals surface area contributed by atoms with Crippen molar-refractivity contribution >= 4 is 22.8 Å². The van der Waals surface area contributed by atoms with Crippen molar-refractivity contribution in [3.63, 3.8) is 0 Å². The molecule has 0 spiro atoms. The number of nitrogens with zero attached hydrogens (tertiary/aromatic N) is 1. The molecule has 0 saturated heterocycles. The fraction of sp³-hybridized carbons (Fsp3) is 0.211. The number of carboxylic acid groups (broad SMARTS) is 1. The van der Waals surface area contributed by atoms with E-state index in [1.54, 1.807) is 56.8 Å². The maximum absolute atomic E-state index is 12.6. The monoisotopic (exact) mass is 354 g/mol. The predicted octanol–water partition coefficient (Wildman–Crippen LogP) is 2.57. The third-order valence-corrected chi connectivity index (χ3v) is 4.14. The molecule has 0 bridgehead atoms. The molecule has 0 aliphatic heterocycles. The number of aliphatic carboxylic acids is 1. The Labute approximate surface area is 149 Å². The van der Waals surface area contributed by atoms with Crippen LogP contribution in [0.4, 0.5) is 0 Å². The highest BCUT2D eigenvalue weighted by Gasteiger charge is 2.25. The first-order chi connectivity index (χ1) is 12.5. The Morgan fingerprint density at radius 3 is 2.65 bits per heavy atom. The van der Waals surface area contributed by atoms with Gasteiger partial charge in [-0.15, -0.1) is 0 Å². The number of carbonyl (C=O) groups excluding carboxylic acids is 1. The average molecular weight is 354 g/mol. The van der Waals surface area contributed by atoms with E-state index in [-0.39, 0.29) is 12.2 Å². The summed E-state index contributed by atoms with van der Waals surface area (Å²) < 4.78 is 10.8. The molecule has 0 fully saturated rings. The number of nitrogens with one attached hydrogen (secondary N) is 1. The van der Waals surface area contributed by atoms with E-state index >= 15 is 0 Å². The van der Waals surface area contributed by atoms with Gasteiger partial charge in [-0.05, 0) is 36.8 Å². The molecular weight excluding hydrogens is 336 g/mol. The molecule has 0 radical (unpaired) electrons. The number of furan rings is 1. The summed E-state index contributed by atoms with van der Waals surface area (Å²) in [6.07, 6.45) is 3.30. The fourth-order valence-electron chi connectivity index (χ4n) is 2.73. The van der Waals surface area contributed by atoms with Crippen molar-refractivity contribution in [1.29, 1.82) is 0 Å². The van der Waals surface area contributed by atoms with Crippen LogP contribution in [0, 0.1) is 6.92 Å². The lowest BCUT2D eigenvalue weighted by Crippen LogP contribution is -2.42. The first-order valence-corrected chi connectivity index (χ1v) is 7.99. The van der Waals surface area contributed by atoms with Gasteiger partial charge in [-0.2, -0.15) is 0 Å². The van der Waals surface area contributed by atoms with Crippen LogP contribution in [0.1, 0.15) is 21.7 Å². The van der Waals surface area contributed by atoms with Crippen molar-refractivity contribution in [3.05, 3.63) is 59.6 Å². The van der Waals surface area contributed by atoms with Gasteiger partial charge in [0.2, 0.25) is 0 Å². The van der Waals surface area contributed by atoms with Gasteiger partial charge in [0.05, 0.1) is 7.11 Å². The second-order valence-electron chi connectivity index (χ2n) is 5.84. The highest BCUT2D eigenvalue weighted by atomic mass is 16.5. The molecule has 0 aliphatic rings. The Hall–Kier alpha value is -3.35. The zero-order valence-electron chi connectivity index (χ0n) is 14.4. The van der Waals surface area contributed by atoms with Crippen LogP contribution < -0.4 is 10.1 Å². The number of carboxylic acids is 1. The van der Waals surface area contributed by atoms with Crippen molar-refractivity contribution in [3.8, 4) is 5.75 Å². The molecule has 1 atom stereocenters. The third-order valence-electron chi connectivity index (χ3n) is 4.14. The summed E-state index contributed by atoms with van der Waals surface area (Å²) in [6, 6.07) is 7.60. The number of amides is 1.